The first-order valence-corrected chi connectivity index (χ1v) is 8.45. The van der Waals surface area contributed by atoms with Crippen molar-refractivity contribution in [3.63, 3.8) is 0 Å². The standard InChI is InChI=1S/C18H19ClN4O2/c19-16-4-2-1-3-14(16)5-6-17(24)21-13-15-7-8-20-18(22-15)23-9-11-25-12-10-23/h1-8H,9-13H2,(H,21,24)/b6-5+. The largest absolute Gasteiger partial charge is 0.378 e. The third-order valence-electron chi connectivity index (χ3n) is 3.76. The van der Waals surface area contributed by atoms with Gasteiger partial charge in [0, 0.05) is 30.4 Å². The van der Waals surface area contributed by atoms with Gasteiger partial charge in [-0.2, -0.15) is 0 Å². The SMILES string of the molecule is O=C(/C=C/c1ccccc1Cl)NCc1ccnc(N2CCOCC2)n1. The fourth-order valence-electron chi connectivity index (χ4n) is 2.41. The summed E-state index contributed by atoms with van der Waals surface area (Å²) < 4.78 is 5.33. The van der Waals surface area contributed by atoms with Gasteiger partial charge in [-0.1, -0.05) is 29.8 Å². The number of nitrogens with one attached hydrogen (secondary N) is 1. The van der Waals surface area contributed by atoms with Crippen LogP contribution in [0.5, 0.6) is 0 Å². The molecule has 2 aromatic rings. The Labute approximate surface area is 151 Å². The van der Waals surface area contributed by atoms with Gasteiger partial charge >= 0.3 is 0 Å². The molecular formula is C18H19ClN4O2. The number of nitrogens with zero attached hydrogens (tertiary/aromatic N) is 3. The van der Waals surface area contributed by atoms with E-state index in [-0.39, 0.29) is 5.91 Å². The van der Waals surface area contributed by atoms with Crippen LogP contribution in [0.3, 0.4) is 0 Å². The minimum atomic E-state index is -0.202. The van der Waals surface area contributed by atoms with Crippen molar-refractivity contribution in [3.8, 4) is 0 Å². The molecule has 2 heterocycles. The zero-order valence-corrected chi connectivity index (χ0v) is 14.4. The van der Waals surface area contributed by atoms with Gasteiger partial charge in [0.25, 0.3) is 0 Å². The van der Waals surface area contributed by atoms with Crippen LogP contribution in [0.25, 0.3) is 6.08 Å². The van der Waals surface area contributed by atoms with Gasteiger partial charge < -0.3 is 15.0 Å². The number of hydrogen-bond acceptors (Lipinski definition) is 5. The summed E-state index contributed by atoms with van der Waals surface area (Å²) in [6, 6.07) is 9.15. The minimum Gasteiger partial charge on any atom is -0.378 e. The number of anilines is 1. The molecule has 1 amide bonds. The molecular weight excluding hydrogens is 340 g/mol. The molecule has 1 fully saturated rings. The third kappa shape index (κ3) is 5.01. The molecule has 1 aromatic heterocycles. The summed E-state index contributed by atoms with van der Waals surface area (Å²) in [5, 5.41) is 3.43. The summed E-state index contributed by atoms with van der Waals surface area (Å²) in [7, 11) is 0. The predicted molar refractivity (Wildman–Crippen MR) is 97.4 cm³/mol. The lowest BCUT2D eigenvalue weighted by molar-refractivity contribution is -0.116. The van der Waals surface area contributed by atoms with Crippen LogP contribution in [-0.2, 0) is 16.1 Å². The Morgan fingerprint density at radius 2 is 2.08 bits per heavy atom. The number of rotatable bonds is 5. The molecule has 0 saturated carbocycles. The van der Waals surface area contributed by atoms with E-state index in [1.54, 1.807) is 24.4 Å². The molecule has 130 valence electrons. The van der Waals surface area contributed by atoms with E-state index in [0.29, 0.717) is 30.7 Å². The first-order valence-electron chi connectivity index (χ1n) is 8.07. The van der Waals surface area contributed by atoms with Crippen LogP contribution in [0.4, 0.5) is 5.95 Å². The summed E-state index contributed by atoms with van der Waals surface area (Å²) in [6.45, 7) is 3.24. The van der Waals surface area contributed by atoms with Gasteiger partial charge in [0.15, 0.2) is 0 Å². The van der Waals surface area contributed by atoms with Crippen LogP contribution in [0, 0.1) is 0 Å². The van der Waals surface area contributed by atoms with Gasteiger partial charge in [-0.15, -0.1) is 0 Å². The van der Waals surface area contributed by atoms with Crippen molar-refractivity contribution in [1.82, 2.24) is 15.3 Å². The highest BCUT2D eigenvalue weighted by Gasteiger charge is 2.13. The van der Waals surface area contributed by atoms with Crippen molar-refractivity contribution in [3.05, 3.63) is 58.9 Å². The van der Waals surface area contributed by atoms with Crippen molar-refractivity contribution in [1.29, 1.82) is 0 Å². The molecule has 1 saturated heterocycles. The fraction of sp³-hybridized carbons (Fsp3) is 0.278. The summed E-state index contributed by atoms with van der Waals surface area (Å²) >= 11 is 6.06. The van der Waals surface area contributed by atoms with E-state index in [1.807, 2.05) is 18.2 Å². The summed E-state index contributed by atoms with van der Waals surface area (Å²) in [5.41, 5.74) is 1.56. The maximum absolute atomic E-state index is 12.0. The van der Waals surface area contributed by atoms with Gasteiger partial charge in [-0.05, 0) is 23.8 Å². The van der Waals surface area contributed by atoms with E-state index in [1.165, 1.54) is 6.08 Å². The number of carbonyl (C=O) groups is 1. The lowest BCUT2D eigenvalue weighted by atomic mass is 10.2. The highest BCUT2D eigenvalue weighted by Crippen LogP contribution is 2.16. The highest BCUT2D eigenvalue weighted by molar-refractivity contribution is 6.32. The Morgan fingerprint density at radius 1 is 1.28 bits per heavy atom. The second-order valence-corrected chi connectivity index (χ2v) is 5.93. The van der Waals surface area contributed by atoms with Crippen LogP contribution >= 0.6 is 11.6 Å². The number of ether oxygens (including phenoxy) is 1. The van der Waals surface area contributed by atoms with E-state index in [2.05, 4.69) is 20.2 Å². The topological polar surface area (TPSA) is 67.4 Å². The van der Waals surface area contributed by atoms with E-state index in [0.717, 1.165) is 24.3 Å². The van der Waals surface area contributed by atoms with Crippen LogP contribution < -0.4 is 10.2 Å². The van der Waals surface area contributed by atoms with Crippen molar-refractivity contribution in [2.24, 2.45) is 0 Å². The second kappa shape index (κ2) is 8.60. The van der Waals surface area contributed by atoms with Crippen molar-refractivity contribution in [2.75, 3.05) is 31.2 Å². The number of amides is 1. The Morgan fingerprint density at radius 3 is 2.88 bits per heavy atom. The quantitative estimate of drug-likeness (QED) is 0.831. The number of hydrogen-bond donors (Lipinski definition) is 1. The average Bonchev–Trinajstić information content (AvgIpc) is 2.67. The van der Waals surface area contributed by atoms with Gasteiger partial charge in [-0.3, -0.25) is 4.79 Å². The van der Waals surface area contributed by atoms with E-state index >= 15 is 0 Å². The zero-order chi connectivity index (χ0) is 17.5. The lowest BCUT2D eigenvalue weighted by Gasteiger charge is -2.26. The number of aromatic nitrogens is 2. The first kappa shape index (κ1) is 17.4. The molecule has 7 heteroatoms. The molecule has 1 N–H and O–H groups in total. The first-order chi connectivity index (χ1) is 12.2. The van der Waals surface area contributed by atoms with Crippen molar-refractivity contribution in [2.45, 2.75) is 6.54 Å². The molecule has 0 spiro atoms. The molecule has 0 atom stereocenters. The van der Waals surface area contributed by atoms with Crippen molar-refractivity contribution >= 4 is 29.5 Å². The van der Waals surface area contributed by atoms with Crippen LogP contribution in [0.2, 0.25) is 5.02 Å². The van der Waals surface area contributed by atoms with E-state index < -0.39 is 0 Å². The molecule has 25 heavy (non-hydrogen) atoms. The zero-order valence-electron chi connectivity index (χ0n) is 13.7. The number of halogens is 1. The number of benzene rings is 1. The number of morpholine rings is 1. The molecule has 3 rings (SSSR count). The number of carbonyl (C=O) groups excluding carboxylic acids is 1. The Kier molecular flexibility index (Phi) is 5.98. The smallest absolute Gasteiger partial charge is 0.244 e. The lowest BCUT2D eigenvalue weighted by Crippen LogP contribution is -2.37. The molecule has 6 nitrogen and oxygen atoms in total. The monoisotopic (exact) mass is 358 g/mol. The molecule has 0 aliphatic carbocycles. The Hall–Kier alpha value is -2.44. The van der Waals surface area contributed by atoms with Crippen LogP contribution in [0.15, 0.2) is 42.6 Å². The summed E-state index contributed by atoms with van der Waals surface area (Å²) in [4.78, 5) is 22.8. The predicted octanol–water partition coefficient (Wildman–Crippen LogP) is 2.30. The van der Waals surface area contributed by atoms with Crippen molar-refractivity contribution < 1.29 is 9.53 Å². The van der Waals surface area contributed by atoms with Gasteiger partial charge in [0.1, 0.15) is 0 Å². The summed E-state index contributed by atoms with van der Waals surface area (Å²) in [6.07, 6.45) is 4.86. The van der Waals surface area contributed by atoms with Crippen LogP contribution in [-0.4, -0.2) is 42.2 Å². The Bertz CT molecular complexity index is 760. The molecule has 1 aromatic carbocycles. The molecule has 0 bridgehead atoms. The molecule has 1 aliphatic rings. The van der Waals surface area contributed by atoms with Gasteiger partial charge in [0.05, 0.1) is 25.5 Å². The fourth-order valence-corrected chi connectivity index (χ4v) is 2.61. The highest BCUT2D eigenvalue weighted by atomic mass is 35.5. The average molecular weight is 359 g/mol. The third-order valence-corrected chi connectivity index (χ3v) is 4.10. The second-order valence-electron chi connectivity index (χ2n) is 5.52. The maximum Gasteiger partial charge on any atom is 0.244 e. The minimum absolute atomic E-state index is 0.202. The van der Waals surface area contributed by atoms with Crippen LogP contribution in [0.1, 0.15) is 11.3 Å². The van der Waals surface area contributed by atoms with Gasteiger partial charge in [-0.25, -0.2) is 9.97 Å². The van der Waals surface area contributed by atoms with E-state index in [9.17, 15) is 4.79 Å². The van der Waals surface area contributed by atoms with Gasteiger partial charge in [0.2, 0.25) is 11.9 Å². The Balaban J connectivity index is 1.56. The molecule has 0 unspecified atom stereocenters. The molecule has 1 aliphatic heterocycles. The maximum atomic E-state index is 12.0. The van der Waals surface area contributed by atoms with E-state index in [4.69, 9.17) is 16.3 Å². The normalized spacial score (nSPS) is 14.7. The summed E-state index contributed by atoms with van der Waals surface area (Å²) in [5.74, 6) is 0.466. The molecule has 0 radical (unpaired) electrons.